The minimum Gasteiger partial charge on any atom is -0.294 e. The van der Waals surface area contributed by atoms with Gasteiger partial charge in [-0.15, -0.1) is 0 Å². The van der Waals surface area contributed by atoms with Gasteiger partial charge in [-0.1, -0.05) is 12.7 Å². The van der Waals surface area contributed by atoms with Crippen molar-refractivity contribution in [2.24, 2.45) is 0 Å². The van der Waals surface area contributed by atoms with Gasteiger partial charge in [0.2, 0.25) is 5.70 Å². The average molecular weight is 193 g/mol. The number of rotatable bonds is 2. The van der Waals surface area contributed by atoms with Gasteiger partial charge < -0.3 is 0 Å². The molecule has 1 aliphatic rings. The lowest BCUT2D eigenvalue weighted by Crippen LogP contribution is -1.93. The van der Waals surface area contributed by atoms with Crippen molar-refractivity contribution in [1.29, 1.82) is 0 Å². The highest BCUT2D eigenvalue weighted by atomic mass is 16.6. The van der Waals surface area contributed by atoms with Crippen LogP contribution in [0, 0.1) is 10.1 Å². The topological polar surface area (TPSA) is 60.2 Å². The van der Waals surface area contributed by atoms with Crippen LogP contribution in [0.1, 0.15) is 19.8 Å². The molecule has 4 nitrogen and oxygen atoms in total. The quantitative estimate of drug-likeness (QED) is 0.383. The number of allylic oxidation sites excluding steroid dienone is 5. The molecule has 0 N–H and O–H groups in total. The molecular formula is C10H11NO3. The van der Waals surface area contributed by atoms with Gasteiger partial charge in [0.1, 0.15) is 0 Å². The molecule has 0 aliphatic heterocycles. The van der Waals surface area contributed by atoms with Crippen molar-refractivity contribution >= 4 is 5.78 Å². The van der Waals surface area contributed by atoms with Crippen LogP contribution in [-0.4, -0.2) is 10.7 Å². The van der Waals surface area contributed by atoms with Crippen molar-refractivity contribution < 1.29 is 9.72 Å². The second kappa shape index (κ2) is 4.00. The van der Waals surface area contributed by atoms with Crippen LogP contribution >= 0.6 is 0 Å². The van der Waals surface area contributed by atoms with Gasteiger partial charge in [0.15, 0.2) is 5.78 Å². The molecular weight excluding hydrogens is 182 g/mol. The summed E-state index contributed by atoms with van der Waals surface area (Å²) < 4.78 is 0. The standard InChI is InChI=1S/C10H11NO3/c1-7(11(13)14)3-4-9-5-6-10(12)8(9)2/h3-4H,2,5-6H2,1H3/b7-3+,9-4-. The van der Waals surface area contributed by atoms with Gasteiger partial charge in [0, 0.05) is 25.0 Å². The highest BCUT2D eigenvalue weighted by Gasteiger charge is 2.19. The monoisotopic (exact) mass is 193 g/mol. The first kappa shape index (κ1) is 10.4. The Morgan fingerprint density at radius 3 is 2.64 bits per heavy atom. The molecule has 0 radical (unpaired) electrons. The Morgan fingerprint density at radius 1 is 1.57 bits per heavy atom. The summed E-state index contributed by atoms with van der Waals surface area (Å²) in [5, 5.41) is 10.3. The van der Waals surface area contributed by atoms with E-state index in [9.17, 15) is 14.9 Å². The fourth-order valence-electron chi connectivity index (χ4n) is 1.20. The minimum atomic E-state index is -0.462. The summed E-state index contributed by atoms with van der Waals surface area (Å²) >= 11 is 0. The van der Waals surface area contributed by atoms with Gasteiger partial charge >= 0.3 is 0 Å². The van der Waals surface area contributed by atoms with Crippen molar-refractivity contribution in [1.82, 2.24) is 0 Å². The van der Waals surface area contributed by atoms with Crippen LogP contribution in [0.25, 0.3) is 0 Å². The Labute approximate surface area is 81.8 Å². The smallest absolute Gasteiger partial charge is 0.243 e. The summed E-state index contributed by atoms with van der Waals surface area (Å²) in [5.41, 5.74) is 1.35. The van der Waals surface area contributed by atoms with Crippen molar-refractivity contribution in [3.05, 3.63) is 45.7 Å². The molecule has 0 atom stereocenters. The van der Waals surface area contributed by atoms with E-state index in [1.54, 1.807) is 6.08 Å². The van der Waals surface area contributed by atoms with Crippen molar-refractivity contribution in [3.8, 4) is 0 Å². The molecule has 0 spiro atoms. The first-order chi connectivity index (χ1) is 6.52. The fourth-order valence-corrected chi connectivity index (χ4v) is 1.20. The predicted octanol–water partition coefficient (Wildman–Crippen LogP) is 2.01. The lowest BCUT2D eigenvalue weighted by atomic mass is 10.1. The summed E-state index contributed by atoms with van der Waals surface area (Å²) in [5.74, 6) is 0.0309. The molecule has 0 aromatic heterocycles. The Morgan fingerprint density at radius 2 is 2.21 bits per heavy atom. The maximum atomic E-state index is 11.1. The van der Waals surface area contributed by atoms with Gasteiger partial charge in [-0.2, -0.15) is 0 Å². The van der Waals surface area contributed by atoms with Gasteiger partial charge in [0.05, 0.1) is 4.92 Å². The highest BCUT2D eigenvalue weighted by molar-refractivity contribution is 6.02. The number of hydrogen-bond acceptors (Lipinski definition) is 3. The molecule has 4 heteroatoms. The van der Waals surface area contributed by atoms with E-state index in [2.05, 4.69) is 6.58 Å². The van der Waals surface area contributed by atoms with Crippen LogP contribution in [0.5, 0.6) is 0 Å². The van der Waals surface area contributed by atoms with Crippen LogP contribution < -0.4 is 0 Å². The third-order valence-electron chi connectivity index (χ3n) is 2.16. The van der Waals surface area contributed by atoms with Crippen molar-refractivity contribution in [2.45, 2.75) is 19.8 Å². The zero-order chi connectivity index (χ0) is 10.7. The maximum absolute atomic E-state index is 11.1. The average Bonchev–Trinajstić information content (AvgIpc) is 2.44. The van der Waals surface area contributed by atoms with Crippen molar-refractivity contribution in [3.63, 3.8) is 0 Å². The highest BCUT2D eigenvalue weighted by Crippen LogP contribution is 2.25. The molecule has 1 saturated carbocycles. The maximum Gasteiger partial charge on any atom is 0.243 e. The minimum absolute atomic E-state index is 0.0309. The van der Waals surface area contributed by atoms with Crippen LogP contribution in [-0.2, 0) is 4.79 Å². The molecule has 1 rings (SSSR count). The van der Waals surface area contributed by atoms with E-state index >= 15 is 0 Å². The number of nitro groups is 1. The molecule has 0 saturated heterocycles. The van der Waals surface area contributed by atoms with E-state index in [1.165, 1.54) is 13.0 Å². The van der Waals surface area contributed by atoms with E-state index in [1.807, 2.05) is 0 Å². The van der Waals surface area contributed by atoms with E-state index in [0.29, 0.717) is 18.4 Å². The normalized spacial score (nSPS) is 20.6. The van der Waals surface area contributed by atoms with Gasteiger partial charge in [-0.05, 0) is 12.0 Å². The first-order valence-electron chi connectivity index (χ1n) is 4.26. The fraction of sp³-hybridized carbons (Fsp3) is 0.300. The van der Waals surface area contributed by atoms with Gasteiger partial charge in [-0.3, -0.25) is 14.9 Å². The van der Waals surface area contributed by atoms with E-state index in [4.69, 9.17) is 0 Å². The number of nitrogens with zero attached hydrogens (tertiary/aromatic N) is 1. The third kappa shape index (κ3) is 2.16. The summed E-state index contributed by atoms with van der Waals surface area (Å²) in [6.07, 6.45) is 4.11. The second-order valence-electron chi connectivity index (χ2n) is 3.16. The number of ketones is 1. The number of carbonyl (C=O) groups excluding carboxylic acids is 1. The van der Waals surface area contributed by atoms with Crippen LogP contribution in [0.3, 0.4) is 0 Å². The molecule has 1 aliphatic carbocycles. The molecule has 0 aromatic carbocycles. The second-order valence-corrected chi connectivity index (χ2v) is 3.16. The summed E-state index contributed by atoms with van der Waals surface area (Å²) in [6, 6.07) is 0. The van der Waals surface area contributed by atoms with E-state index in [0.717, 1.165) is 5.57 Å². The molecule has 0 heterocycles. The Kier molecular flexibility index (Phi) is 2.96. The summed E-state index contributed by atoms with van der Waals surface area (Å²) in [4.78, 5) is 20.9. The Bertz CT molecular complexity index is 364. The number of Topliss-reactive ketones (excluding diaryl/α,β-unsaturated/α-hetero) is 1. The molecule has 14 heavy (non-hydrogen) atoms. The summed E-state index contributed by atoms with van der Waals surface area (Å²) in [7, 11) is 0. The van der Waals surface area contributed by atoms with Crippen molar-refractivity contribution in [2.75, 3.05) is 0 Å². The Hall–Kier alpha value is -1.71. The Balaban J connectivity index is 2.81. The first-order valence-corrected chi connectivity index (χ1v) is 4.26. The van der Waals surface area contributed by atoms with Gasteiger partial charge in [0.25, 0.3) is 0 Å². The molecule has 0 unspecified atom stereocenters. The predicted molar refractivity (Wildman–Crippen MR) is 52.2 cm³/mol. The van der Waals surface area contributed by atoms with Crippen LogP contribution in [0.2, 0.25) is 0 Å². The molecule has 0 bridgehead atoms. The lowest BCUT2D eigenvalue weighted by Gasteiger charge is -1.93. The van der Waals surface area contributed by atoms with Crippen LogP contribution in [0.15, 0.2) is 35.6 Å². The molecule has 0 amide bonds. The lowest BCUT2D eigenvalue weighted by molar-refractivity contribution is -0.424. The number of hydrogen-bond donors (Lipinski definition) is 0. The van der Waals surface area contributed by atoms with E-state index < -0.39 is 4.92 Å². The molecule has 1 fully saturated rings. The number of carbonyl (C=O) groups is 1. The zero-order valence-electron chi connectivity index (χ0n) is 7.95. The molecule has 74 valence electrons. The SMILES string of the molecule is C=C1C(=O)CC/C1=C/C=C(\C)[N+](=O)[O-]. The van der Waals surface area contributed by atoms with E-state index in [-0.39, 0.29) is 11.5 Å². The summed E-state index contributed by atoms with van der Waals surface area (Å²) in [6.45, 7) is 5.04. The molecule has 0 aromatic rings. The van der Waals surface area contributed by atoms with Gasteiger partial charge in [-0.25, -0.2) is 0 Å². The zero-order valence-corrected chi connectivity index (χ0v) is 7.95. The third-order valence-corrected chi connectivity index (χ3v) is 2.16. The van der Waals surface area contributed by atoms with Crippen LogP contribution in [0.4, 0.5) is 0 Å². The largest absolute Gasteiger partial charge is 0.294 e.